The van der Waals surface area contributed by atoms with Gasteiger partial charge in [0.1, 0.15) is 0 Å². The number of aliphatic hydroxyl groups is 1. The van der Waals surface area contributed by atoms with Crippen LogP contribution in [0.2, 0.25) is 0 Å². The lowest BCUT2D eigenvalue weighted by Crippen LogP contribution is -2.31. The van der Waals surface area contributed by atoms with Crippen molar-refractivity contribution in [2.45, 2.75) is 30.2 Å². The van der Waals surface area contributed by atoms with Gasteiger partial charge in [-0.15, -0.1) is 11.8 Å². The van der Waals surface area contributed by atoms with E-state index in [0.717, 1.165) is 0 Å². The highest BCUT2D eigenvalue weighted by atomic mass is 32.2. The van der Waals surface area contributed by atoms with E-state index >= 15 is 0 Å². The maximum absolute atomic E-state index is 9.48. The molecular weight excluding hydrogens is 218 g/mol. The van der Waals surface area contributed by atoms with Gasteiger partial charge in [-0.05, 0) is 37.6 Å². The minimum absolute atomic E-state index is 0.195. The zero-order valence-corrected chi connectivity index (χ0v) is 10.7. The van der Waals surface area contributed by atoms with E-state index in [2.05, 4.69) is 30.4 Å². The maximum atomic E-state index is 9.48. The van der Waals surface area contributed by atoms with Crippen LogP contribution >= 0.6 is 11.8 Å². The van der Waals surface area contributed by atoms with Crippen LogP contribution in [-0.2, 0) is 6.42 Å². The molecule has 1 aromatic rings. The Morgan fingerprint density at radius 3 is 3.00 bits per heavy atom. The van der Waals surface area contributed by atoms with Gasteiger partial charge in [0.25, 0.3) is 0 Å². The molecule has 3 heteroatoms. The molecule has 0 aromatic heterocycles. The number of hydrogen-bond donors (Lipinski definition) is 2. The van der Waals surface area contributed by atoms with Gasteiger partial charge in [-0.3, -0.25) is 0 Å². The second kappa shape index (κ2) is 5.21. The smallest absolute Gasteiger partial charge is 0.0514 e. The van der Waals surface area contributed by atoms with Crippen LogP contribution in [0, 0.1) is 0 Å². The molecule has 2 unspecified atom stereocenters. The van der Waals surface area contributed by atoms with Crippen LogP contribution in [0.15, 0.2) is 23.1 Å². The zero-order valence-electron chi connectivity index (χ0n) is 9.86. The third-order valence-electron chi connectivity index (χ3n) is 3.40. The average molecular weight is 237 g/mol. The molecule has 1 aliphatic rings. The van der Waals surface area contributed by atoms with Crippen LogP contribution in [0.5, 0.6) is 0 Å². The van der Waals surface area contributed by atoms with Gasteiger partial charge in [0.15, 0.2) is 0 Å². The van der Waals surface area contributed by atoms with E-state index in [4.69, 9.17) is 0 Å². The Kier molecular flexibility index (Phi) is 3.90. The molecule has 1 heterocycles. The third-order valence-corrected chi connectivity index (χ3v) is 4.51. The molecule has 0 amide bonds. The monoisotopic (exact) mass is 237 g/mol. The van der Waals surface area contributed by atoms with Gasteiger partial charge in [-0.2, -0.15) is 0 Å². The first kappa shape index (κ1) is 12.0. The fourth-order valence-electron chi connectivity index (χ4n) is 2.19. The first-order valence-electron chi connectivity index (χ1n) is 5.80. The summed E-state index contributed by atoms with van der Waals surface area (Å²) >= 11 is 1.93. The average Bonchev–Trinajstić information content (AvgIpc) is 2.77. The Balaban J connectivity index is 2.25. The predicted molar refractivity (Wildman–Crippen MR) is 69.2 cm³/mol. The van der Waals surface area contributed by atoms with Gasteiger partial charge >= 0.3 is 0 Å². The second-order valence-electron chi connectivity index (χ2n) is 4.33. The van der Waals surface area contributed by atoms with E-state index in [1.54, 1.807) is 0 Å². The first-order valence-corrected chi connectivity index (χ1v) is 6.78. The molecule has 16 heavy (non-hydrogen) atoms. The molecule has 0 bridgehead atoms. The Morgan fingerprint density at radius 1 is 1.50 bits per heavy atom. The van der Waals surface area contributed by atoms with Crippen LogP contribution in [0.4, 0.5) is 0 Å². The summed E-state index contributed by atoms with van der Waals surface area (Å²) in [5.74, 6) is 1.39. The Bertz CT molecular complexity index is 367. The molecule has 2 atom stereocenters. The second-order valence-corrected chi connectivity index (χ2v) is 5.47. The number of likely N-dealkylation sites (N-methyl/N-ethyl adjacent to an activating group) is 1. The first-order chi connectivity index (χ1) is 7.76. The van der Waals surface area contributed by atoms with Crippen molar-refractivity contribution in [2.24, 2.45) is 0 Å². The number of hydrogen-bond acceptors (Lipinski definition) is 3. The van der Waals surface area contributed by atoms with E-state index in [-0.39, 0.29) is 12.5 Å². The van der Waals surface area contributed by atoms with Crippen molar-refractivity contribution >= 4 is 11.8 Å². The van der Waals surface area contributed by atoms with E-state index in [0.29, 0.717) is 6.04 Å². The number of rotatable bonds is 4. The van der Waals surface area contributed by atoms with Crippen molar-refractivity contribution in [2.75, 3.05) is 19.4 Å². The Morgan fingerprint density at radius 2 is 2.31 bits per heavy atom. The topological polar surface area (TPSA) is 32.3 Å². The largest absolute Gasteiger partial charge is 0.396 e. The van der Waals surface area contributed by atoms with Crippen LogP contribution < -0.4 is 5.32 Å². The molecule has 0 saturated carbocycles. The summed E-state index contributed by atoms with van der Waals surface area (Å²) in [6.07, 6.45) is 1.17. The fourth-order valence-corrected chi connectivity index (χ4v) is 3.24. The summed E-state index contributed by atoms with van der Waals surface area (Å²) in [4.78, 5) is 1.41. The number of thioether (sulfide) groups is 1. The summed E-state index contributed by atoms with van der Waals surface area (Å²) in [5, 5.41) is 12.7. The SMILES string of the molecule is CNC(C)C(CO)c1ccc2c(c1)CCS2. The van der Waals surface area contributed by atoms with E-state index < -0.39 is 0 Å². The Labute approximate surface area is 101 Å². The number of aliphatic hydroxyl groups excluding tert-OH is 1. The third kappa shape index (κ3) is 2.26. The quantitative estimate of drug-likeness (QED) is 0.840. The fraction of sp³-hybridized carbons (Fsp3) is 0.538. The number of benzene rings is 1. The molecule has 1 aliphatic heterocycles. The molecule has 2 N–H and O–H groups in total. The van der Waals surface area contributed by atoms with Gasteiger partial charge in [-0.25, -0.2) is 0 Å². The summed E-state index contributed by atoms with van der Waals surface area (Å²) < 4.78 is 0. The van der Waals surface area contributed by atoms with Gasteiger partial charge in [0, 0.05) is 22.6 Å². The molecule has 2 rings (SSSR count). The normalized spacial score (nSPS) is 18.2. The van der Waals surface area contributed by atoms with Crippen molar-refractivity contribution in [3.8, 4) is 0 Å². The molecule has 0 fully saturated rings. The molecule has 88 valence electrons. The van der Waals surface area contributed by atoms with Crippen LogP contribution in [-0.4, -0.2) is 30.6 Å². The molecule has 0 radical (unpaired) electrons. The summed E-state index contributed by atoms with van der Waals surface area (Å²) in [5.41, 5.74) is 2.70. The zero-order chi connectivity index (χ0) is 11.5. The predicted octanol–water partition coefficient (Wildman–Crippen LogP) is 2.02. The van der Waals surface area contributed by atoms with Crippen molar-refractivity contribution in [3.05, 3.63) is 29.3 Å². The lowest BCUT2D eigenvalue weighted by Gasteiger charge is -2.22. The van der Waals surface area contributed by atoms with E-state index in [1.165, 1.54) is 28.2 Å². The lowest BCUT2D eigenvalue weighted by molar-refractivity contribution is 0.243. The van der Waals surface area contributed by atoms with Crippen molar-refractivity contribution in [3.63, 3.8) is 0 Å². The minimum atomic E-state index is 0.195. The van der Waals surface area contributed by atoms with E-state index in [9.17, 15) is 5.11 Å². The molecule has 0 aliphatic carbocycles. The van der Waals surface area contributed by atoms with Gasteiger partial charge < -0.3 is 10.4 Å². The highest BCUT2D eigenvalue weighted by Gasteiger charge is 2.19. The van der Waals surface area contributed by atoms with Crippen molar-refractivity contribution < 1.29 is 5.11 Å². The highest BCUT2D eigenvalue weighted by molar-refractivity contribution is 7.99. The number of aryl methyl sites for hydroxylation is 1. The molecule has 0 spiro atoms. The van der Waals surface area contributed by atoms with Crippen LogP contribution in [0.1, 0.15) is 24.0 Å². The standard InChI is InChI=1S/C13H19NOS/c1-9(14-2)12(8-15)10-3-4-13-11(7-10)5-6-16-13/h3-4,7,9,12,14-15H,5-6,8H2,1-2H3. The summed E-state index contributed by atoms with van der Waals surface area (Å²) in [6.45, 7) is 2.32. The van der Waals surface area contributed by atoms with Gasteiger partial charge in [-0.1, -0.05) is 12.1 Å². The molecular formula is C13H19NOS. The Hall–Kier alpha value is -0.510. The molecule has 1 aromatic carbocycles. The summed E-state index contributed by atoms with van der Waals surface area (Å²) in [7, 11) is 1.94. The summed E-state index contributed by atoms with van der Waals surface area (Å²) in [6, 6.07) is 6.93. The highest BCUT2D eigenvalue weighted by Crippen LogP contribution is 2.33. The van der Waals surface area contributed by atoms with Crippen molar-refractivity contribution in [1.29, 1.82) is 0 Å². The molecule has 0 saturated heterocycles. The van der Waals surface area contributed by atoms with Crippen LogP contribution in [0.25, 0.3) is 0 Å². The van der Waals surface area contributed by atoms with Crippen LogP contribution in [0.3, 0.4) is 0 Å². The maximum Gasteiger partial charge on any atom is 0.0514 e. The van der Waals surface area contributed by atoms with E-state index in [1.807, 2.05) is 18.8 Å². The van der Waals surface area contributed by atoms with Gasteiger partial charge in [0.2, 0.25) is 0 Å². The lowest BCUT2D eigenvalue weighted by atomic mass is 9.92. The van der Waals surface area contributed by atoms with Crippen molar-refractivity contribution in [1.82, 2.24) is 5.32 Å². The van der Waals surface area contributed by atoms with Gasteiger partial charge in [0.05, 0.1) is 6.61 Å². The minimum Gasteiger partial charge on any atom is -0.396 e. The number of nitrogens with one attached hydrogen (secondary N) is 1. The number of fused-ring (bicyclic) bond motifs is 1. The molecule has 2 nitrogen and oxygen atoms in total.